The number of rotatable bonds is 2. The molecular formula is C21H27ClN4OS. The molecule has 1 amide bonds. The summed E-state index contributed by atoms with van der Waals surface area (Å²) in [6.07, 6.45) is 3.44. The Morgan fingerprint density at radius 3 is 2.57 bits per heavy atom. The number of hydrogen-bond donors (Lipinski definition) is 0. The molecule has 3 heterocycles. The highest BCUT2D eigenvalue weighted by Gasteiger charge is 2.31. The zero-order valence-corrected chi connectivity index (χ0v) is 18.3. The van der Waals surface area contributed by atoms with Crippen LogP contribution in [-0.2, 0) is 12.8 Å². The number of thiophene rings is 1. The minimum Gasteiger partial charge on any atom is -0.352 e. The molecule has 2 aromatic rings. The number of amides is 1. The van der Waals surface area contributed by atoms with Gasteiger partial charge in [-0.3, -0.25) is 4.79 Å². The van der Waals surface area contributed by atoms with E-state index in [4.69, 9.17) is 11.6 Å². The summed E-state index contributed by atoms with van der Waals surface area (Å²) in [5.41, 5.74) is 1.72. The molecule has 0 saturated carbocycles. The molecule has 0 aromatic carbocycles. The number of piperazine rings is 1. The average molecular weight is 419 g/mol. The Morgan fingerprint density at radius 2 is 1.93 bits per heavy atom. The Hall–Kier alpha value is -1.66. The highest BCUT2D eigenvalue weighted by molar-refractivity contribution is 7.14. The van der Waals surface area contributed by atoms with Gasteiger partial charge < -0.3 is 9.80 Å². The number of carbonyl (C=O) groups excluding carboxylic acids is 1. The van der Waals surface area contributed by atoms with Crippen molar-refractivity contribution in [2.75, 3.05) is 31.1 Å². The fraction of sp³-hybridized carbons (Fsp3) is 0.571. The molecule has 0 spiro atoms. The van der Waals surface area contributed by atoms with E-state index in [0.717, 1.165) is 36.6 Å². The van der Waals surface area contributed by atoms with Gasteiger partial charge in [0.05, 0.1) is 4.88 Å². The quantitative estimate of drug-likeness (QED) is 0.729. The van der Waals surface area contributed by atoms with Gasteiger partial charge in [-0.05, 0) is 54.4 Å². The van der Waals surface area contributed by atoms with Crippen molar-refractivity contribution in [2.24, 2.45) is 11.3 Å². The Labute approximate surface area is 175 Å². The number of anilines is 1. The van der Waals surface area contributed by atoms with Gasteiger partial charge in [-0.2, -0.15) is 0 Å². The molecular weight excluding hydrogens is 392 g/mol. The lowest BCUT2D eigenvalue weighted by atomic mass is 9.72. The van der Waals surface area contributed by atoms with Crippen LogP contribution in [0.3, 0.4) is 0 Å². The summed E-state index contributed by atoms with van der Waals surface area (Å²) in [5.74, 6) is 1.69. The summed E-state index contributed by atoms with van der Waals surface area (Å²) in [7, 11) is 0. The van der Waals surface area contributed by atoms with Crippen LogP contribution in [0.15, 0.2) is 18.2 Å². The predicted molar refractivity (Wildman–Crippen MR) is 114 cm³/mol. The van der Waals surface area contributed by atoms with Crippen molar-refractivity contribution in [3.05, 3.63) is 38.7 Å². The first-order valence-corrected chi connectivity index (χ1v) is 11.2. The van der Waals surface area contributed by atoms with Gasteiger partial charge in [0.15, 0.2) is 11.0 Å². The topological polar surface area (TPSA) is 49.3 Å². The molecule has 28 heavy (non-hydrogen) atoms. The van der Waals surface area contributed by atoms with E-state index < -0.39 is 0 Å². The van der Waals surface area contributed by atoms with Crippen LogP contribution < -0.4 is 4.90 Å². The lowest BCUT2D eigenvalue weighted by Gasteiger charge is -2.34. The van der Waals surface area contributed by atoms with Gasteiger partial charge in [0.1, 0.15) is 0 Å². The number of halogens is 1. The summed E-state index contributed by atoms with van der Waals surface area (Å²) < 4.78 is 0. The van der Waals surface area contributed by atoms with E-state index in [0.29, 0.717) is 29.6 Å². The maximum absolute atomic E-state index is 13.1. The standard InChI is InChI=1S/C21H27ClN4OS/c1-21(2,3)15-4-5-16-14(12-15)13-17(28-16)20(27)26-10-8-25(9-11-26)19-7-6-18(22)23-24-19/h6-7,13,15H,4-5,8-12H2,1-3H3/t15-/m1/s1. The third-order valence-electron chi connectivity index (χ3n) is 6.03. The second-order valence-electron chi connectivity index (χ2n) is 8.86. The van der Waals surface area contributed by atoms with Gasteiger partial charge in [0.25, 0.3) is 5.91 Å². The molecule has 150 valence electrons. The lowest BCUT2D eigenvalue weighted by molar-refractivity contribution is 0.0751. The van der Waals surface area contributed by atoms with E-state index in [-0.39, 0.29) is 5.91 Å². The molecule has 1 fully saturated rings. The van der Waals surface area contributed by atoms with Gasteiger partial charge in [0, 0.05) is 31.1 Å². The summed E-state index contributed by atoms with van der Waals surface area (Å²) in [4.78, 5) is 19.5. The molecule has 5 nitrogen and oxygen atoms in total. The van der Waals surface area contributed by atoms with E-state index >= 15 is 0 Å². The summed E-state index contributed by atoms with van der Waals surface area (Å²) in [6.45, 7) is 9.91. The number of aromatic nitrogens is 2. The Bertz CT molecular complexity index is 850. The molecule has 7 heteroatoms. The van der Waals surface area contributed by atoms with Crippen molar-refractivity contribution >= 4 is 34.7 Å². The highest BCUT2D eigenvalue weighted by atomic mass is 35.5. The normalized spacial score (nSPS) is 20.2. The molecule has 0 bridgehead atoms. The molecule has 1 aliphatic carbocycles. The molecule has 2 aliphatic rings. The van der Waals surface area contributed by atoms with Crippen LogP contribution in [0.1, 0.15) is 47.3 Å². The van der Waals surface area contributed by atoms with Gasteiger partial charge in [-0.15, -0.1) is 21.5 Å². The summed E-state index contributed by atoms with van der Waals surface area (Å²) in [5, 5.41) is 8.45. The van der Waals surface area contributed by atoms with E-state index in [1.807, 2.05) is 11.0 Å². The molecule has 0 unspecified atom stereocenters. The van der Waals surface area contributed by atoms with Crippen LogP contribution in [0, 0.1) is 11.3 Å². The van der Waals surface area contributed by atoms with Crippen molar-refractivity contribution in [1.82, 2.24) is 15.1 Å². The van der Waals surface area contributed by atoms with Crippen molar-refractivity contribution < 1.29 is 4.79 Å². The molecule has 1 aliphatic heterocycles. The average Bonchev–Trinajstić information content (AvgIpc) is 3.11. The Kier molecular flexibility index (Phi) is 5.36. The number of nitrogens with zero attached hydrogens (tertiary/aromatic N) is 4. The van der Waals surface area contributed by atoms with Crippen LogP contribution >= 0.6 is 22.9 Å². The first kappa shape index (κ1) is 19.6. The van der Waals surface area contributed by atoms with E-state index in [1.165, 1.54) is 16.9 Å². The van der Waals surface area contributed by atoms with Crippen molar-refractivity contribution in [3.8, 4) is 0 Å². The second kappa shape index (κ2) is 7.64. The largest absolute Gasteiger partial charge is 0.352 e. The fourth-order valence-electron chi connectivity index (χ4n) is 4.14. The van der Waals surface area contributed by atoms with Gasteiger partial charge >= 0.3 is 0 Å². The second-order valence-corrected chi connectivity index (χ2v) is 10.4. The smallest absolute Gasteiger partial charge is 0.264 e. The van der Waals surface area contributed by atoms with Crippen LogP contribution in [0.4, 0.5) is 5.82 Å². The van der Waals surface area contributed by atoms with Crippen molar-refractivity contribution in [1.29, 1.82) is 0 Å². The molecule has 1 saturated heterocycles. The van der Waals surface area contributed by atoms with Gasteiger partial charge in [-0.25, -0.2) is 0 Å². The molecule has 0 radical (unpaired) electrons. The number of fused-ring (bicyclic) bond motifs is 1. The maximum Gasteiger partial charge on any atom is 0.264 e. The molecule has 4 rings (SSSR count). The minimum atomic E-state index is 0.175. The first-order chi connectivity index (χ1) is 13.3. The maximum atomic E-state index is 13.1. The third-order valence-corrected chi connectivity index (χ3v) is 7.45. The highest BCUT2D eigenvalue weighted by Crippen LogP contribution is 2.40. The number of aryl methyl sites for hydroxylation is 1. The van der Waals surface area contributed by atoms with Gasteiger partial charge in [-0.1, -0.05) is 32.4 Å². The summed E-state index contributed by atoms with van der Waals surface area (Å²) >= 11 is 7.52. The fourth-order valence-corrected chi connectivity index (χ4v) is 5.42. The first-order valence-electron chi connectivity index (χ1n) is 9.96. The monoisotopic (exact) mass is 418 g/mol. The zero-order valence-electron chi connectivity index (χ0n) is 16.7. The minimum absolute atomic E-state index is 0.175. The van der Waals surface area contributed by atoms with Crippen LogP contribution in [-0.4, -0.2) is 47.2 Å². The third kappa shape index (κ3) is 4.03. The number of hydrogen-bond acceptors (Lipinski definition) is 5. The van der Waals surface area contributed by atoms with Crippen LogP contribution in [0.2, 0.25) is 5.15 Å². The molecule has 1 atom stereocenters. The van der Waals surface area contributed by atoms with Crippen LogP contribution in [0.5, 0.6) is 0 Å². The SMILES string of the molecule is CC(C)(C)[C@@H]1CCc2sc(C(=O)N3CCN(c4ccc(Cl)nn4)CC3)cc2C1. The van der Waals surface area contributed by atoms with Crippen molar-refractivity contribution in [2.45, 2.75) is 40.0 Å². The Morgan fingerprint density at radius 1 is 1.18 bits per heavy atom. The predicted octanol–water partition coefficient (Wildman–Crippen LogP) is 4.30. The number of carbonyl (C=O) groups is 1. The van der Waals surface area contributed by atoms with E-state index in [2.05, 4.69) is 41.9 Å². The van der Waals surface area contributed by atoms with Crippen LogP contribution in [0.25, 0.3) is 0 Å². The zero-order chi connectivity index (χ0) is 19.9. The molecule has 2 aromatic heterocycles. The summed E-state index contributed by atoms with van der Waals surface area (Å²) in [6, 6.07) is 5.80. The molecule has 0 N–H and O–H groups in total. The van der Waals surface area contributed by atoms with E-state index in [9.17, 15) is 4.79 Å². The van der Waals surface area contributed by atoms with Crippen molar-refractivity contribution in [3.63, 3.8) is 0 Å². The Balaban J connectivity index is 1.40. The lowest BCUT2D eigenvalue weighted by Crippen LogP contribution is -2.49. The van der Waals surface area contributed by atoms with Gasteiger partial charge in [0.2, 0.25) is 0 Å². The van der Waals surface area contributed by atoms with E-state index in [1.54, 1.807) is 17.4 Å².